The van der Waals surface area contributed by atoms with Crippen LogP contribution in [0.2, 0.25) is 0 Å². The van der Waals surface area contributed by atoms with Gasteiger partial charge in [-0.3, -0.25) is 14.9 Å². The molecule has 3 N–H and O–H groups in total. The Morgan fingerprint density at radius 1 is 1.27 bits per heavy atom. The molecule has 0 saturated heterocycles. The summed E-state index contributed by atoms with van der Waals surface area (Å²) < 4.78 is 0. The molecule has 22 heavy (non-hydrogen) atoms. The Morgan fingerprint density at radius 2 is 1.86 bits per heavy atom. The van der Waals surface area contributed by atoms with Crippen molar-refractivity contribution >= 4 is 35.8 Å². The molecule has 1 saturated carbocycles. The summed E-state index contributed by atoms with van der Waals surface area (Å²) in [6, 6.07) is 6.72. The Kier molecular flexibility index (Phi) is 7.64. The number of hydrogen-bond donors (Lipinski definition) is 2. The Balaban J connectivity index is 0.00000242. The van der Waals surface area contributed by atoms with Crippen LogP contribution in [0.15, 0.2) is 29.2 Å². The highest BCUT2D eigenvalue weighted by molar-refractivity contribution is 8.00. The minimum Gasteiger partial charge on any atom is -0.353 e. The highest BCUT2D eigenvalue weighted by Crippen LogP contribution is 2.22. The molecule has 8 heteroatoms. The van der Waals surface area contributed by atoms with Crippen LogP contribution in [0.1, 0.15) is 25.7 Å². The van der Waals surface area contributed by atoms with E-state index in [1.165, 1.54) is 23.9 Å². The molecule has 122 valence electrons. The van der Waals surface area contributed by atoms with Gasteiger partial charge in [0.25, 0.3) is 5.69 Å². The number of nitro benzene ring substituents is 1. The number of benzene rings is 1. The number of carbonyl (C=O) groups is 1. The third-order valence-corrected chi connectivity index (χ3v) is 4.57. The molecule has 2 rings (SSSR count). The maximum atomic E-state index is 11.9. The van der Waals surface area contributed by atoms with E-state index in [0.29, 0.717) is 5.75 Å². The third kappa shape index (κ3) is 5.82. The Labute approximate surface area is 139 Å². The number of halogens is 1. The van der Waals surface area contributed by atoms with Crippen molar-refractivity contribution in [1.29, 1.82) is 0 Å². The van der Waals surface area contributed by atoms with Crippen molar-refractivity contribution in [2.24, 2.45) is 5.73 Å². The summed E-state index contributed by atoms with van der Waals surface area (Å²) >= 11 is 1.38. The molecule has 0 radical (unpaired) electrons. The highest BCUT2D eigenvalue weighted by Gasteiger charge is 2.19. The Bertz CT molecular complexity index is 505. The van der Waals surface area contributed by atoms with Crippen LogP contribution in [-0.2, 0) is 4.79 Å². The Hall–Kier alpha value is -1.31. The lowest BCUT2D eigenvalue weighted by molar-refractivity contribution is -0.384. The molecule has 1 aliphatic rings. The van der Waals surface area contributed by atoms with Crippen molar-refractivity contribution in [2.45, 2.75) is 42.7 Å². The summed E-state index contributed by atoms with van der Waals surface area (Å²) in [4.78, 5) is 22.8. The number of nitrogens with one attached hydrogen (secondary N) is 1. The summed E-state index contributed by atoms with van der Waals surface area (Å²) in [5, 5.41) is 13.6. The first-order valence-corrected chi connectivity index (χ1v) is 7.95. The zero-order valence-electron chi connectivity index (χ0n) is 12.1. The van der Waals surface area contributed by atoms with Crippen molar-refractivity contribution in [2.75, 3.05) is 5.75 Å². The summed E-state index contributed by atoms with van der Waals surface area (Å²) in [5.41, 5.74) is 5.89. The van der Waals surface area contributed by atoms with E-state index in [2.05, 4.69) is 5.32 Å². The van der Waals surface area contributed by atoms with Crippen LogP contribution in [0.5, 0.6) is 0 Å². The molecule has 0 unspecified atom stereocenters. The quantitative estimate of drug-likeness (QED) is 0.485. The second kappa shape index (κ2) is 8.97. The van der Waals surface area contributed by atoms with Gasteiger partial charge >= 0.3 is 0 Å². The van der Waals surface area contributed by atoms with Crippen LogP contribution in [0.25, 0.3) is 0 Å². The normalized spacial score (nSPS) is 20.8. The molecule has 0 spiro atoms. The van der Waals surface area contributed by atoms with Gasteiger partial charge in [-0.15, -0.1) is 24.2 Å². The maximum absolute atomic E-state index is 11.9. The molecule has 6 nitrogen and oxygen atoms in total. The van der Waals surface area contributed by atoms with Gasteiger partial charge in [-0.1, -0.05) is 0 Å². The molecule has 0 atom stereocenters. The van der Waals surface area contributed by atoms with Crippen LogP contribution in [0, 0.1) is 10.1 Å². The number of rotatable bonds is 5. The highest BCUT2D eigenvalue weighted by atomic mass is 35.5. The van der Waals surface area contributed by atoms with Gasteiger partial charge in [0.05, 0.1) is 10.7 Å². The zero-order chi connectivity index (χ0) is 15.2. The second-order valence-corrected chi connectivity index (χ2v) is 6.27. The van der Waals surface area contributed by atoms with E-state index in [4.69, 9.17) is 5.73 Å². The summed E-state index contributed by atoms with van der Waals surface area (Å²) in [6.45, 7) is 0. The van der Waals surface area contributed by atoms with Crippen LogP contribution < -0.4 is 11.1 Å². The fourth-order valence-corrected chi connectivity index (χ4v) is 3.06. The van der Waals surface area contributed by atoms with Crippen molar-refractivity contribution in [3.63, 3.8) is 0 Å². The molecule has 0 aromatic heterocycles. The predicted molar refractivity (Wildman–Crippen MR) is 89.4 cm³/mol. The molecule has 1 fully saturated rings. The topological polar surface area (TPSA) is 98.3 Å². The summed E-state index contributed by atoms with van der Waals surface area (Å²) in [7, 11) is 0. The van der Waals surface area contributed by atoms with Gasteiger partial charge in [0.1, 0.15) is 0 Å². The zero-order valence-corrected chi connectivity index (χ0v) is 13.7. The number of carbonyl (C=O) groups excluding carboxylic acids is 1. The van der Waals surface area contributed by atoms with E-state index in [1.54, 1.807) is 12.1 Å². The maximum Gasteiger partial charge on any atom is 0.269 e. The van der Waals surface area contributed by atoms with Gasteiger partial charge in [-0.2, -0.15) is 0 Å². The predicted octanol–water partition coefficient (Wildman–Crippen LogP) is 2.49. The fraction of sp³-hybridized carbons (Fsp3) is 0.500. The van der Waals surface area contributed by atoms with E-state index >= 15 is 0 Å². The minimum atomic E-state index is -0.436. The van der Waals surface area contributed by atoms with Gasteiger partial charge in [0, 0.05) is 29.1 Å². The van der Waals surface area contributed by atoms with Gasteiger partial charge < -0.3 is 11.1 Å². The lowest BCUT2D eigenvalue weighted by Crippen LogP contribution is -2.41. The average Bonchev–Trinajstić information content (AvgIpc) is 2.48. The SMILES string of the molecule is Cl.NC1CCC(NC(=O)CSc2ccc([N+](=O)[O-])cc2)CC1. The molecule has 1 aromatic carbocycles. The first kappa shape index (κ1) is 18.7. The monoisotopic (exact) mass is 345 g/mol. The third-order valence-electron chi connectivity index (χ3n) is 3.55. The number of nitrogens with zero attached hydrogens (tertiary/aromatic N) is 1. The molecule has 0 bridgehead atoms. The van der Waals surface area contributed by atoms with Gasteiger partial charge in [0.2, 0.25) is 5.91 Å². The number of thioether (sulfide) groups is 1. The van der Waals surface area contributed by atoms with Gasteiger partial charge in [0.15, 0.2) is 0 Å². The van der Waals surface area contributed by atoms with E-state index in [1.807, 2.05) is 0 Å². The molecule has 0 heterocycles. The molecule has 0 aliphatic heterocycles. The average molecular weight is 346 g/mol. The number of hydrogen-bond acceptors (Lipinski definition) is 5. The van der Waals surface area contributed by atoms with Gasteiger partial charge in [-0.05, 0) is 37.8 Å². The van der Waals surface area contributed by atoms with Crippen LogP contribution in [-0.4, -0.2) is 28.7 Å². The standard InChI is InChI=1S/C14H19N3O3S.ClH/c15-10-1-3-11(4-2-10)16-14(18)9-21-13-7-5-12(6-8-13)17(19)20;/h5-8,10-11H,1-4,9,15H2,(H,16,18);1H. The van der Waals surface area contributed by atoms with Crippen molar-refractivity contribution in [3.8, 4) is 0 Å². The van der Waals surface area contributed by atoms with Crippen molar-refractivity contribution < 1.29 is 9.72 Å². The molecule has 1 aromatic rings. The van der Waals surface area contributed by atoms with E-state index in [0.717, 1.165) is 30.6 Å². The second-order valence-electron chi connectivity index (χ2n) is 5.22. The number of nitro groups is 1. The first-order valence-electron chi connectivity index (χ1n) is 6.97. The Morgan fingerprint density at radius 3 is 2.41 bits per heavy atom. The molecular weight excluding hydrogens is 326 g/mol. The molecular formula is C14H20ClN3O3S. The number of non-ortho nitro benzene ring substituents is 1. The van der Waals surface area contributed by atoms with E-state index in [9.17, 15) is 14.9 Å². The number of amides is 1. The van der Waals surface area contributed by atoms with Gasteiger partial charge in [-0.25, -0.2) is 0 Å². The van der Waals surface area contributed by atoms with Crippen LogP contribution in [0.3, 0.4) is 0 Å². The molecule has 1 aliphatic carbocycles. The smallest absolute Gasteiger partial charge is 0.269 e. The minimum absolute atomic E-state index is 0. The van der Waals surface area contributed by atoms with E-state index in [-0.39, 0.29) is 36.1 Å². The van der Waals surface area contributed by atoms with Crippen molar-refractivity contribution in [3.05, 3.63) is 34.4 Å². The largest absolute Gasteiger partial charge is 0.353 e. The first-order chi connectivity index (χ1) is 10.0. The lowest BCUT2D eigenvalue weighted by Gasteiger charge is -2.26. The van der Waals surface area contributed by atoms with E-state index < -0.39 is 4.92 Å². The summed E-state index contributed by atoms with van der Waals surface area (Å²) in [6.07, 6.45) is 3.80. The lowest BCUT2D eigenvalue weighted by atomic mass is 9.92. The van der Waals surface area contributed by atoms with Crippen molar-refractivity contribution in [1.82, 2.24) is 5.32 Å². The molecule has 1 amide bonds. The fourth-order valence-electron chi connectivity index (χ4n) is 2.35. The number of nitrogens with two attached hydrogens (primary N) is 1. The van der Waals surface area contributed by atoms with Crippen LogP contribution >= 0.6 is 24.2 Å². The summed E-state index contributed by atoms with van der Waals surface area (Å²) in [5.74, 6) is 0.319. The van der Waals surface area contributed by atoms with Crippen LogP contribution in [0.4, 0.5) is 5.69 Å².